The highest BCUT2D eigenvalue weighted by atomic mass is 19.1. The van der Waals surface area contributed by atoms with E-state index < -0.39 is 17.6 Å². The van der Waals surface area contributed by atoms with Gasteiger partial charge >= 0.3 is 0 Å². The van der Waals surface area contributed by atoms with Crippen LogP contribution in [0.5, 0.6) is 0 Å². The second kappa shape index (κ2) is 11.3. The maximum absolute atomic E-state index is 15.0. The highest BCUT2D eigenvalue weighted by Crippen LogP contribution is 2.41. The molecular formula is C32H47F2N3O3. The van der Waals surface area contributed by atoms with Crippen LogP contribution in [0, 0.1) is 23.0 Å². The summed E-state index contributed by atoms with van der Waals surface area (Å²) < 4.78 is 34.5. The number of likely N-dealkylation sites (tertiary alicyclic amines) is 2. The Kier molecular flexibility index (Phi) is 8.33. The van der Waals surface area contributed by atoms with Gasteiger partial charge in [-0.1, -0.05) is 19.9 Å². The standard InChI is InChI=1S/C32H47F2N3O3/c1-31(2,3)36-19-25(24-9-8-21(33)17-27(24)34)26(20-36)29(38)35-15-12-23(18-35)37(30(39)28-7-6-16-40-28)22-10-13-32(4,5)14-11-22/h8-9,17,22-23,25-26,28H,6-7,10-16,18-20H2,1-5H3/t23?,25-,26+,28-/m0/s1. The molecule has 3 aliphatic heterocycles. The molecule has 1 aromatic carbocycles. The number of hydrogen-bond acceptors (Lipinski definition) is 4. The molecule has 2 amide bonds. The third-order valence-electron chi connectivity index (χ3n) is 9.98. The molecule has 5 rings (SSSR count). The van der Waals surface area contributed by atoms with Crippen LogP contribution in [0.2, 0.25) is 0 Å². The van der Waals surface area contributed by atoms with Gasteiger partial charge in [0, 0.05) is 56.4 Å². The molecule has 0 bridgehead atoms. The van der Waals surface area contributed by atoms with Crippen LogP contribution in [-0.2, 0) is 14.3 Å². The third-order valence-corrected chi connectivity index (χ3v) is 9.98. The number of amides is 2. The van der Waals surface area contributed by atoms with E-state index in [4.69, 9.17) is 4.74 Å². The Labute approximate surface area is 238 Å². The predicted octanol–water partition coefficient (Wildman–Crippen LogP) is 5.36. The summed E-state index contributed by atoms with van der Waals surface area (Å²) in [6.45, 7) is 13.7. The number of carbonyl (C=O) groups excluding carboxylic acids is 2. The normalized spacial score (nSPS) is 29.7. The zero-order valence-electron chi connectivity index (χ0n) is 24.9. The molecule has 0 spiro atoms. The molecule has 4 atom stereocenters. The fourth-order valence-electron chi connectivity index (χ4n) is 7.38. The van der Waals surface area contributed by atoms with Gasteiger partial charge in [-0.05, 0) is 82.8 Å². The lowest BCUT2D eigenvalue weighted by molar-refractivity contribution is -0.148. The molecule has 6 nitrogen and oxygen atoms in total. The molecule has 3 heterocycles. The van der Waals surface area contributed by atoms with Crippen molar-refractivity contribution in [1.29, 1.82) is 0 Å². The first-order chi connectivity index (χ1) is 18.8. The molecule has 1 unspecified atom stereocenters. The van der Waals surface area contributed by atoms with Crippen LogP contribution >= 0.6 is 0 Å². The number of benzene rings is 1. The van der Waals surface area contributed by atoms with Crippen LogP contribution in [0.1, 0.15) is 91.0 Å². The van der Waals surface area contributed by atoms with E-state index in [9.17, 15) is 18.4 Å². The average Bonchev–Trinajstić information content (AvgIpc) is 3.65. The predicted molar refractivity (Wildman–Crippen MR) is 151 cm³/mol. The average molecular weight is 560 g/mol. The summed E-state index contributed by atoms with van der Waals surface area (Å²) >= 11 is 0. The minimum atomic E-state index is -0.612. The molecular weight excluding hydrogens is 512 g/mol. The first kappa shape index (κ1) is 29.4. The Balaban J connectivity index is 1.35. The first-order valence-electron chi connectivity index (χ1n) is 15.3. The minimum absolute atomic E-state index is 0.0114. The zero-order chi connectivity index (χ0) is 28.8. The van der Waals surface area contributed by atoms with Crippen molar-refractivity contribution in [3.05, 3.63) is 35.4 Å². The smallest absolute Gasteiger partial charge is 0.252 e. The molecule has 40 heavy (non-hydrogen) atoms. The molecule has 1 aromatic rings. The van der Waals surface area contributed by atoms with E-state index >= 15 is 0 Å². The van der Waals surface area contributed by atoms with Crippen LogP contribution < -0.4 is 0 Å². The Bertz CT molecular complexity index is 1090. The summed E-state index contributed by atoms with van der Waals surface area (Å²) in [5, 5.41) is 0. The summed E-state index contributed by atoms with van der Waals surface area (Å²) in [6, 6.07) is 3.84. The fraction of sp³-hybridized carbons (Fsp3) is 0.750. The number of hydrogen-bond donors (Lipinski definition) is 0. The SMILES string of the molecule is CC1(C)CCC(N(C(=O)[C@@H]2CCCO2)C2CCN(C(=O)[C@@H]3CN(C(C)(C)C)C[C@H]3c3ccc(F)cc3F)C2)CC1. The summed E-state index contributed by atoms with van der Waals surface area (Å²) in [7, 11) is 0. The highest BCUT2D eigenvalue weighted by Gasteiger charge is 2.47. The third kappa shape index (κ3) is 6.08. The van der Waals surface area contributed by atoms with Crippen LogP contribution in [0.25, 0.3) is 0 Å². The molecule has 0 aromatic heterocycles. The number of ether oxygens (including phenoxy) is 1. The van der Waals surface area contributed by atoms with E-state index in [1.807, 2.05) is 4.90 Å². The molecule has 3 saturated heterocycles. The Morgan fingerprint density at radius 3 is 2.35 bits per heavy atom. The van der Waals surface area contributed by atoms with E-state index in [1.54, 1.807) is 0 Å². The summed E-state index contributed by atoms with van der Waals surface area (Å²) in [6.07, 6.45) is 6.16. The molecule has 1 saturated carbocycles. The minimum Gasteiger partial charge on any atom is -0.368 e. The largest absolute Gasteiger partial charge is 0.368 e. The van der Waals surface area contributed by atoms with Crippen LogP contribution in [0.4, 0.5) is 8.78 Å². The van der Waals surface area contributed by atoms with Crippen molar-refractivity contribution in [1.82, 2.24) is 14.7 Å². The van der Waals surface area contributed by atoms with Crippen molar-refractivity contribution in [3.8, 4) is 0 Å². The van der Waals surface area contributed by atoms with E-state index in [0.29, 0.717) is 43.8 Å². The number of halogens is 2. The Morgan fingerprint density at radius 1 is 1.00 bits per heavy atom. The van der Waals surface area contributed by atoms with Crippen LogP contribution in [-0.4, -0.2) is 83.0 Å². The molecule has 0 N–H and O–H groups in total. The van der Waals surface area contributed by atoms with Crippen molar-refractivity contribution in [3.63, 3.8) is 0 Å². The summed E-state index contributed by atoms with van der Waals surface area (Å²) in [4.78, 5) is 34.1. The lowest BCUT2D eigenvalue weighted by Crippen LogP contribution is -2.53. The van der Waals surface area contributed by atoms with Crippen LogP contribution in [0.3, 0.4) is 0 Å². The van der Waals surface area contributed by atoms with Gasteiger partial charge in [0.1, 0.15) is 17.7 Å². The second-order valence-electron chi connectivity index (χ2n) is 14.3. The zero-order valence-corrected chi connectivity index (χ0v) is 24.9. The molecule has 4 aliphatic rings. The molecule has 8 heteroatoms. The lowest BCUT2D eigenvalue weighted by Gasteiger charge is -2.43. The number of nitrogens with zero attached hydrogens (tertiary/aromatic N) is 3. The van der Waals surface area contributed by atoms with Crippen molar-refractivity contribution < 1.29 is 23.1 Å². The maximum atomic E-state index is 15.0. The first-order valence-corrected chi connectivity index (χ1v) is 15.3. The molecule has 222 valence electrons. The van der Waals surface area contributed by atoms with Crippen molar-refractivity contribution in [2.75, 3.05) is 32.8 Å². The van der Waals surface area contributed by atoms with Gasteiger partial charge in [0.25, 0.3) is 5.91 Å². The monoisotopic (exact) mass is 559 g/mol. The van der Waals surface area contributed by atoms with E-state index in [1.165, 1.54) is 12.1 Å². The summed E-state index contributed by atoms with van der Waals surface area (Å²) in [5.41, 5.74) is 0.511. The quantitative estimate of drug-likeness (QED) is 0.488. The van der Waals surface area contributed by atoms with Gasteiger partial charge in [-0.2, -0.15) is 0 Å². The molecule has 0 radical (unpaired) electrons. The van der Waals surface area contributed by atoms with Crippen molar-refractivity contribution in [2.24, 2.45) is 11.3 Å². The fourth-order valence-corrected chi connectivity index (χ4v) is 7.38. The van der Waals surface area contributed by atoms with E-state index in [0.717, 1.165) is 51.0 Å². The van der Waals surface area contributed by atoms with Gasteiger partial charge < -0.3 is 14.5 Å². The second-order valence-corrected chi connectivity index (χ2v) is 14.3. The highest BCUT2D eigenvalue weighted by molar-refractivity contribution is 5.83. The van der Waals surface area contributed by atoms with Crippen molar-refractivity contribution >= 4 is 11.8 Å². The lowest BCUT2D eigenvalue weighted by atomic mass is 9.75. The molecule has 1 aliphatic carbocycles. The van der Waals surface area contributed by atoms with Gasteiger partial charge in [0.05, 0.1) is 12.0 Å². The number of carbonyl (C=O) groups is 2. The van der Waals surface area contributed by atoms with Crippen molar-refractivity contribution in [2.45, 2.75) is 109 Å². The van der Waals surface area contributed by atoms with E-state index in [2.05, 4.69) is 44.4 Å². The Morgan fingerprint density at radius 2 is 1.73 bits per heavy atom. The topological polar surface area (TPSA) is 53.1 Å². The summed E-state index contributed by atoms with van der Waals surface area (Å²) in [5.74, 6) is -1.87. The molecule has 4 fully saturated rings. The van der Waals surface area contributed by atoms with Crippen LogP contribution in [0.15, 0.2) is 18.2 Å². The van der Waals surface area contributed by atoms with Gasteiger partial charge in [0.15, 0.2) is 0 Å². The van der Waals surface area contributed by atoms with Gasteiger partial charge in [-0.25, -0.2) is 8.78 Å². The van der Waals surface area contributed by atoms with Gasteiger partial charge in [-0.15, -0.1) is 0 Å². The maximum Gasteiger partial charge on any atom is 0.252 e. The number of rotatable bonds is 5. The Hall–Kier alpha value is -2.06. The van der Waals surface area contributed by atoms with Gasteiger partial charge in [-0.3, -0.25) is 14.5 Å². The van der Waals surface area contributed by atoms with Gasteiger partial charge in [0.2, 0.25) is 5.91 Å². The van der Waals surface area contributed by atoms with E-state index in [-0.39, 0.29) is 41.5 Å².